The number of carbonyl (C=O) groups excluding carboxylic acids is 2. The second-order valence-corrected chi connectivity index (χ2v) is 7.49. The minimum absolute atomic E-state index is 0.0739. The van der Waals surface area contributed by atoms with Crippen LogP contribution >= 0.6 is 0 Å². The van der Waals surface area contributed by atoms with Crippen LogP contribution in [0.5, 0.6) is 0 Å². The molecule has 3 aliphatic rings. The third kappa shape index (κ3) is 4.48. The number of hydrogen-bond donors (Lipinski definition) is 0. The van der Waals surface area contributed by atoms with Gasteiger partial charge in [-0.25, -0.2) is 0 Å². The lowest BCUT2D eigenvalue weighted by molar-refractivity contribution is -0.138. The first-order valence-electron chi connectivity index (χ1n) is 9.51. The molecule has 0 aromatic carbocycles. The van der Waals surface area contributed by atoms with Crippen LogP contribution < -0.4 is 0 Å². The lowest BCUT2D eigenvalue weighted by atomic mass is 10.2. The van der Waals surface area contributed by atoms with Crippen molar-refractivity contribution in [3.8, 4) is 0 Å². The Morgan fingerprint density at radius 2 is 1.75 bits per heavy atom. The third-order valence-electron chi connectivity index (χ3n) is 5.76. The molecule has 1 atom stereocenters. The van der Waals surface area contributed by atoms with Gasteiger partial charge in [-0.2, -0.15) is 0 Å². The first-order valence-corrected chi connectivity index (χ1v) is 9.51. The maximum Gasteiger partial charge on any atom is 0.248 e. The lowest BCUT2D eigenvalue weighted by Crippen LogP contribution is -2.44. The van der Waals surface area contributed by atoms with Gasteiger partial charge in [-0.3, -0.25) is 14.5 Å². The van der Waals surface area contributed by atoms with Crippen LogP contribution in [0, 0.1) is 0 Å². The van der Waals surface area contributed by atoms with Gasteiger partial charge in [0.1, 0.15) is 6.61 Å². The van der Waals surface area contributed by atoms with Crippen LogP contribution in [0.25, 0.3) is 0 Å². The van der Waals surface area contributed by atoms with Crippen molar-refractivity contribution in [1.82, 2.24) is 14.7 Å². The van der Waals surface area contributed by atoms with Gasteiger partial charge < -0.3 is 14.5 Å². The van der Waals surface area contributed by atoms with Crippen LogP contribution in [0.3, 0.4) is 0 Å². The van der Waals surface area contributed by atoms with Crippen molar-refractivity contribution >= 4 is 11.8 Å². The van der Waals surface area contributed by atoms with Crippen LogP contribution in [-0.4, -0.2) is 85.0 Å². The average molecular weight is 337 g/mol. The summed E-state index contributed by atoms with van der Waals surface area (Å²) in [6, 6.07) is 0.149. The molecule has 6 heteroatoms. The fraction of sp³-hybridized carbons (Fsp3) is 0.889. The summed E-state index contributed by atoms with van der Waals surface area (Å²) in [5.74, 6) is 0.253. The van der Waals surface area contributed by atoms with Crippen molar-refractivity contribution in [2.75, 3.05) is 46.4 Å². The Morgan fingerprint density at radius 3 is 2.46 bits per heavy atom. The molecule has 3 fully saturated rings. The molecule has 2 saturated heterocycles. The summed E-state index contributed by atoms with van der Waals surface area (Å²) >= 11 is 0. The number of ether oxygens (including phenoxy) is 1. The van der Waals surface area contributed by atoms with Crippen LogP contribution in [0.15, 0.2) is 0 Å². The highest BCUT2D eigenvalue weighted by molar-refractivity contribution is 5.79. The van der Waals surface area contributed by atoms with E-state index in [4.69, 9.17) is 4.74 Å². The molecule has 1 unspecified atom stereocenters. The normalized spacial score (nSPS) is 25.5. The fourth-order valence-electron chi connectivity index (χ4n) is 4.07. The highest BCUT2D eigenvalue weighted by Gasteiger charge is 2.32. The quantitative estimate of drug-likeness (QED) is 0.728. The van der Waals surface area contributed by atoms with Gasteiger partial charge in [0, 0.05) is 20.1 Å². The van der Waals surface area contributed by atoms with Crippen molar-refractivity contribution in [2.45, 2.75) is 57.1 Å². The van der Waals surface area contributed by atoms with Gasteiger partial charge in [0.2, 0.25) is 11.8 Å². The van der Waals surface area contributed by atoms with Crippen molar-refractivity contribution in [2.24, 2.45) is 0 Å². The Labute approximate surface area is 145 Å². The highest BCUT2D eigenvalue weighted by Crippen LogP contribution is 2.21. The van der Waals surface area contributed by atoms with Gasteiger partial charge in [0.15, 0.2) is 0 Å². The zero-order valence-corrected chi connectivity index (χ0v) is 14.9. The summed E-state index contributed by atoms with van der Waals surface area (Å²) in [4.78, 5) is 30.7. The van der Waals surface area contributed by atoms with E-state index in [1.54, 1.807) is 0 Å². The molecule has 24 heavy (non-hydrogen) atoms. The maximum atomic E-state index is 12.4. The van der Waals surface area contributed by atoms with E-state index in [0.29, 0.717) is 13.1 Å². The monoisotopic (exact) mass is 337 g/mol. The summed E-state index contributed by atoms with van der Waals surface area (Å²) in [6.45, 7) is 4.17. The van der Waals surface area contributed by atoms with Crippen molar-refractivity contribution in [3.05, 3.63) is 0 Å². The van der Waals surface area contributed by atoms with Crippen LogP contribution in [-0.2, 0) is 14.3 Å². The van der Waals surface area contributed by atoms with Gasteiger partial charge in [0.25, 0.3) is 0 Å². The Kier molecular flexibility index (Phi) is 6.11. The molecular weight excluding hydrogens is 306 g/mol. The van der Waals surface area contributed by atoms with Gasteiger partial charge in [-0.1, -0.05) is 12.8 Å². The smallest absolute Gasteiger partial charge is 0.248 e. The summed E-state index contributed by atoms with van der Waals surface area (Å²) in [7, 11) is 1.88. The van der Waals surface area contributed by atoms with E-state index in [1.165, 1.54) is 25.7 Å². The molecular formula is C18H31N3O3. The van der Waals surface area contributed by atoms with Gasteiger partial charge >= 0.3 is 0 Å². The molecule has 6 nitrogen and oxygen atoms in total. The minimum Gasteiger partial charge on any atom is -0.368 e. The maximum absolute atomic E-state index is 12.4. The van der Waals surface area contributed by atoms with E-state index in [9.17, 15) is 9.59 Å². The molecule has 0 bridgehead atoms. The number of nitrogens with zero attached hydrogens (tertiary/aromatic N) is 3. The van der Waals surface area contributed by atoms with E-state index >= 15 is 0 Å². The molecule has 0 aromatic heterocycles. The number of hydrogen-bond acceptors (Lipinski definition) is 4. The number of rotatable bonds is 6. The Morgan fingerprint density at radius 1 is 1.04 bits per heavy atom. The Hall–Kier alpha value is -1.14. The van der Waals surface area contributed by atoms with E-state index in [-0.39, 0.29) is 30.6 Å². The van der Waals surface area contributed by atoms with Crippen LogP contribution in [0.2, 0.25) is 0 Å². The molecule has 136 valence electrons. The van der Waals surface area contributed by atoms with E-state index in [1.807, 2.05) is 16.8 Å². The molecule has 0 spiro atoms. The molecule has 0 radical (unpaired) electrons. The first kappa shape index (κ1) is 17.7. The van der Waals surface area contributed by atoms with Crippen LogP contribution in [0.1, 0.15) is 44.9 Å². The highest BCUT2D eigenvalue weighted by atomic mass is 16.5. The molecule has 1 aliphatic carbocycles. The molecule has 3 rings (SSSR count). The summed E-state index contributed by atoms with van der Waals surface area (Å²) in [6.07, 6.45) is 8.15. The number of carbonyl (C=O) groups is 2. The zero-order valence-electron chi connectivity index (χ0n) is 14.9. The first-order chi connectivity index (χ1) is 11.6. The van der Waals surface area contributed by atoms with Crippen molar-refractivity contribution in [1.29, 1.82) is 0 Å². The largest absolute Gasteiger partial charge is 0.368 e. The summed E-state index contributed by atoms with van der Waals surface area (Å²) in [5.41, 5.74) is 0. The topological polar surface area (TPSA) is 53.1 Å². The predicted octanol–water partition coefficient (Wildman–Crippen LogP) is 1.10. The zero-order chi connectivity index (χ0) is 16.9. The fourth-order valence-corrected chi connectivity index (χ4v) is 4.07. The standard InChI is InChI=1S/C18H31N3O3/c1-19(17(22)13-20-9-4-5-10-20)15-8-11-21(12-15)18(23)14-24-16-6-2-3-7-16/h15-16H,2-14H2,1H3. The molecule has 1 saturated carbocycles. The van der Waals surface area contributed by atoms with Gasteiger partial charge in [-0.15, -0.1) is 0 Å². The third-order valence-corrected chi connectivity index (χ3v) is 5.76. The van der Waals surface area contributed by atoms with E-state index in [0.717, 1.165) is 38.9 Å². The number of amides is 2. The van der Waals surface area contributed by atoms with Crippen molar-refractivity contribution < 1.29 is 14.3 Å². The van der Waals surface area contributed by atoms with E-state index in [2.05, 4.69) is 4.90 Å². The van der Waals surface area contributed by atoms with Crippen LogP contribution in [0.4, 0.5) is 0 Å². The molecule has 0 aromatic rings. The van der Waals surface area contributed by atoms with Gasteiger partial charge in [0.05, 0.1) is 18.7 Å². The molecule has 2 heterocycles. The minimum atomic E-state index is 0.0739. The SMILES string of the molecule is CN(C(=O)CN1CCCC1)C1CCN(C(=O)COC2CCCC2)C1. The molecule has 0 N–H and O–H groups in total. The summed E-state index contributed by atoms with van der Waals surface area (Å²) < 4.78 is 5.73. The van der Waals surface area contributed by atoms with Crippen molar-refractivity contribution in [3.63, 3.8) is 0 Å². The van der Waals surface area contributed by atoms with Gasteiger partial charge in [-0.05, 0) is 45.2 Å². The second kappa shape index (κ2) is 8.30. The Bertz CT molecular complexity index is 445. The lowest BCUT2D eigenvalue weighted by Gasteiger charge is -2.27. The predicted molar refractivity (Wildman–Crippen MR) is 91.6 cm³/mol. The Balaban J connectivity index is 1.40. The summed E-state index contributed by atoms with van der Waals surface area (Å²) in [5, 5.41) is 0. The molecule has 2 aliphatic heterocycles. The number of likely N-dealkylation sites (N-methyl/N-ethyl adjacent to an activating group) is 1. The van der Waals surface area contributed by atoms with E-state index < -0.39 is 0 Å². The number of likely N-dealkylation sites (tertiary alicyclic amines) is 2. The molecule has 2 amide bonds. The second-order valence-electron chi connectivity index (χ2n) is 7.49. The average Bonchev–Trinajstić information content (AvgIpc) is 3.32.